The number of hydrogen-bond acceptors (Lipinski definition) is 2. The van der Waals surface area contributed by atoms with Crippen LogP contribution >= 0.6 is 22.9 Å². The molecule has 3 heteroatoms. The molecular weight excluding hydrogens is 180 g/mol. The summed E-state index contributed by atoms with van der Waals surface area (Å²) in [6, 6.07) is 3.83. The van der Waals surface area contributed by atoms with E-state index in [0.717, 1.165) is 22.1 Å². The van der Waals surface area contributed by atoms with Gasteiger partial charge in [-0.15, -0.1) is 11.3 Å². The highest BCUT2D eigenvalue weighted by molar-refractivity contribution is 7.16. The highest BCUT2D eigenvalue weighted by Gasteiger charge is 2.04. The van der Waals surface area contributed by atoms with Gasteiger partial charge in [-0.1, -0.05) is 18.5 Å². The molecule has 0 radical (unpaired) electrons. The molecule has 11 heavy (non-hydrogen) atoms. The molecule has 1 unspecified atom stereocenters. The number of halogens is 1. The molecule has 0 amide bonds. The number of aliphatic hydroxyl groups excluding tert-OH is 1. The number of aliphatic hydroxyl groups is 1. The van der Waals surface area contributed by atoms with E-state index in [1.165, 1.54) is 11.3 Å². The first-order valence-electron chi connectivity index (χ1n) is 3.64. The smallest absolute Gasteiger partial charge is 0.0931 e. The molecule has 0 aliphatic heterocycles. The van der Waals surface area contributed by atoms with E-state index in [2.05, 4.69) is 0 Å². The van der Waals surface area contributed by atoms with E-state index in [4.69, 9.17) is 11.6 Å². The van der Waals surface area contributed by atoms with Crippen LogP contribution in [0.4, 0.5) is 0 Å². The molecule has 1 heterocycles. The van der Waals surface area contributed by atoms with Crippen LogP contribution in [0.15, 0.2) is 12.1 Å². The van der Waals surface area contributed by atoms with Crippen LogP contribution in [0, 0.1) is 0 Å². The summed E-state index contributed by atoms with van der Waals surface area (Å²) in [4.78, 5) is 1.16. The summed E-state index contributed by atoms with van der Waals surface area (Å²) in [5.74, 6) is 0. The van der Waals surface area contributed by atoms with E-state index < -0.39 is 0 Å². The van der Waals surface area contributed by atoms with Crippen molar-refractivity contribution in [1.82, 2.24) is 0 Å². The fraction of sp³-hybridized carbons (Fsp3) is 0.500. The fourth-order valence-electron chi connectivity index (χ4n) is 0.838. The molecule has 1 N–H and O–H groups in total. The van der Waals surface area contributed by atoms with Gasteiger partial charge in [-0.2, -0.15) is 0 Å². The Hall–Kier alpha value is -0.0500. The summed E-state index contributed by atoms with van der Waals surface area (Å²) in [6.07, 6.45) is 1.31. The molecule has 0 saturated heterocycles. The molecule has 0 aromatic carbocycles. The predicted octanol–water partition coefficient (Wildman–Crippen LogP) is 2.71. The minimum Gasteiger partial charge on any atom is -0.393 e. The monoisotopic (exact) mass is 190 g/mol. The second-order valence-corrected chi connectivity index (χ2v) is 4.27. The molecule has 1 rings (SSSR count). The van der Waals surface area contributed by atoms with Gasteiger partial charge in [0.1, 0.15) is 0 Å². The molecule has 1 atom stereocenters. The quantitative estimate of drug-likeness (QED) is 0.777. The van der Waals surface area contributed by atoms with E-state index >= 15 is 0 Å². The van der Waals surface area contributed by atoms with Crippen LogP contribution in [0.2, 0.25) is 4.34 Å². The molecule has 0 fully saturated rings. The van der Waals surface area contributed by atoms with Crippen molar-refractivity contribution >= 4 is 22.9 Å². The third-order valence-corrected chi connectivity index (χ3v) is 2.79. The standard InChI is InChI=1S/C8H11ClOS/c1-2-6(10)5-7-3-4-8(9)11-7/h3-4,6,10H,2,5H2,1H3. The van der Waals surface area contributed by atoms with Crippen molar-refractivity contribution in [3.63, 3.8) is 0 Å². The maximum Gasteiger partial charge on any atom is 0.0931 e. The molecule has 62 valence electrons. The van der Waals surface area contributed by atoms with Crippen molar-refractivity contribution < 1.29 is 5.11 Å². The average Bonchev–Trinajstić information content (AvgIpc) is 2.35. The topological polar surface area (TPSA) is 20.2 Å². The van der Waals surface area contributed by atoms with Crippen LogP contribution in [-0.2, 0) is 6.42 Å². The summed E-state index contributed by atoms with van der Waals surface area (Å²) in [5.41, 5.74) is 0. The van der Waals surface area contributed by atoms with Crippen molar-refractivity contribution in [3.05, 3.63) is 21.3 Å². The lowest BCUT2D eigenvalue weighted by Crippen LogP contribution is -2.06. The van der Waals surface area contributed by atoms with Crippen molar-refractivity contribution in [2.75, 3.05) is 0 Å². The summed E-state index contributed by atoms with van der Waals surface area (Å²) < 4.78 is 0.795. The Morgan fingerprint density at radius 2 is 2.36 bits per heavy atom. The Morgan fingerprint density at radius 1 is 1.64 bits per heavy atom. The molecule has 1 nitrogen and oxygen atoms in total. The van der Waals surface area contributed by atoms with Crippen LogP contribution in [0.1, 0.15) is 18.2 Å². The van der Waals surface area contributed by atoms with Gasteiger partial charge in [0.2, 0.25) is 0 Å². The molecule has 0 aliphatic rings. The van der Waals surface area contributed by atoms with Gasteiger partial charge >= 0.3 is 0 Å². The number of rotatable bonds is 3. The van der Waals surface area contributed by atoms with Crippen LogP contribution in [0.3, 0.4) is 0 Å². The zero-order valence-corrected chi connectivity index (χ0v) is 7.95. The Bertz CT molecular complexity index is 222. The molecule has 0 spiro atoms. The highest BCUT2D eigenvalue weighted by Crippen LogP contribution is 2.22. The Kier molecular flexibility index (Phi) is 3.37. The number of thiophene rings is 1. The fourth-order valence-corrected chi connectivity index (χ4v) is 2.00. The van der Waals surface area contributed by atoms with Crippen molar-refractivity contribution in [2.45, 2.75) is 25.9 Å². The van der Waals surface area contributed by atoms with Gasteiger partial charge in [-0.25, -0.2) is 0 Å². The van der Waals surface area contributed by atoms with Gasteiger partial charge in [0.05, 0.1) is 10.4 Å². The van der Waals surface area contributed by atoms with Crippen molar-refractivity contribution in [3.8, 4) is 0 Å². The lowest BCUT2D eigenvalue weighted by atomic mass is 10.2. The zero-order valence-electron chi connectivity index (χ0n) is 6.38. The SMILES string of the molecule is CCC(O)Cc1ccc(Cl)s1. The number of hydrogen-bond donors (Lipinski definition) is 1. The van der Waals surface area contributed by atoms with Gasteiger partial charge < -0.3 is 5.11 Å². The van der Waals surface area contributed by atoms with E-state index in [1.807, 2.05) is 19.1 Å². The van der Waals surface area contributed by atoms with E-state index in [1.54, 1.807) is 0 Å². The molecule has 1 aromatic heterocycles. The highest BCUT2D eigenvalue weighted by atomic mass is 35.5. The van der Waals surface area contributed by atoms with Crippen LogP contribution < -0.4 is 0 Å². The second kappa shape index (κ2) is 4.10. The molecular formula is C8H11ClOS. The molecule has 0 bridgehead atoms. The maximum atomic E-state index is 9.28. The largest absolute Gasteiger partial charge is 0.393 e. The minimum atomic E-state index is -0.218. The van der Waals surface area contributed by atoms with Gasteiger partial charge in [0.15, 0.2) is 0 Å². The Balaban J connectivity index is 2.50. The van der Waals surface area contributed by atoms with Crippen molar-refractivity contribution in [1.29, 1.82) is 0 Å². The zero-order chi connectivity index (χ0) is 8.27. The van der Waals surface area contributed by atoms with Gasteiger partial charge in [-0.05, 0) is 18.6 Å². The van der Waals surface area contributed by atoms with E-state index in [-0.39, 0.29) is 6.10 Å². The van der Waals surface area contributed by atoms with Crippen molar-refractivity contribution in [2.24, 2.45) is 0 Å². The van der Waals surface area contributed by atoms with Crippen LogP contribution in [0.5, 0.6) is 0 Å². The lowest BCUT2D eigenvalue weighted by molar-refractivity contribution is 0.171. The molecule has 1 aromatic rings. The summed E-state index contributed by atoms with van der Waals surface area (Å²) in [6.45, 7) is 1.97. The van der Waals surface area contributed by atoms with Crippen LogP contribution in [0.25, 0.3) is 0 Å². The Labute approximate surface area is 75.6 Å². The first-order valence-corrected chi connectivity index (χ1v) is 4.84. The molecule has 0 aliphatic carbocycles. The van der Waals surface area contributed by atoms with Crippen LogP contribution in [-0.4, -0.2) is 11.2 Å². The predicted molar refractivity (Wildman–Crippen MR) is 49.3 cm³/mol. The van der Waals surface area contributed by atoms with E-state index in [9.17, 15) is 5.11 Å². The first-order chi connectivity index (χ1) is 5.22. The summed E-state index contributed by atoms with van der Waals surface area (Å²) in [5, 5.41) is 9.28. The third-order valence-electron chi connectivity index (χ3n) is 1.54. The maximum absolute atomic E-state index is 9.28. The average molecular weight is 191 g/mol. The third kappa shape index (κ3) is 2.81. The Morgan fingerprint density at radius 3 is 2.82 bits per heavy atom. The van der Waals surface area contributed by atoms with Gasteiger partial charge in [0, 0.05) is 11.3 Å². The van der Waals surface area contributed by atoms with E-state index in [0.29, 0.717) is 0 Å². The van der Waals surface area contributed by atoms with Gasteiger partial charge in [0.25, 0.3) is 0 Å². The summed E-state index contributed by atoms with van der Waals surface area (Å²) in [7, 11) is 0. The summed E-state index contributed by atoms with van der Waals surface area (Å²) >= 11 is 7.26. The first kappa shape index (κ1) is 9.04. The second-order valence-electron chi connectivity index (χ2n) is 2.47. The minimum absolute atomic E-state index is 0.218. The normalized spacial score (nSPS) is 13.4. The van der Waals surface area contributed by atoms with Gasteiger partial charge in [-0.3, -0.25) is 0 Å². The lowest BCUT2D eigenvalue weighted by Gasteiger charge is -2.03. The molecule has 0 saturated carbocycles.